The molecule has 3 heterocycles. The predicted molar refractivity (Wildman–Crippen MR) is 144 cm³/mol. The lowest BCUT2D eigenvalue weighted by molar-refractivity contribution is -0.111. The number of benzene rings is 1. The van der Waals surface area contributed by atoms with Crippen molar-refractivity contribution >= 4 is 64.0 Å². The molecular formula is C25H24Cl2N6O3. The Kier molecular flexibility index (Phi) is 7.32. The van der Waals surface area contributed by atoms with Crippen molar-refractivity contribution in [3.8, 4) is 11.5 Å². The van der Waals surface area contributed by atoms with E-state index in [0.29, 0.717) is 56.9 Å². The predicted octanol–water partition coefficient (Wildman–Crippen LogP) is 5.36. The molecule has 0 saturated heterocycles. The van der Waals surface area contributed by atoms with E-state index in [0.717, 1.165) is 16.8 Å². The highest BCUT2D eigenvalue weighted by molar-refractivity contribution is 6.39. The van der Waals surface area contributed by atoms with Crippen molar-refractivity contribution in [2.75, 3.05) is 43.3 Å². The molecule has 9 nitrogen and oxygen atoms in total. The van der Waals surface area contributed by atoms with Crippen LogP contribution in [0.15, 0.2) is 37.1 Å². The number of likely N-dealkylation sites (N-methyl/N-ethyl adjacent to an activating group) is 1. The Hall–Kier alpha value is -3.82. The minimum absolute atomic E-state index is 0.344. The summed E-state index contributed by atoms with van der Waals surface area (Å²) in [5.41, 5.74) is 3.56. The molecule has 2 aromatic heterocycles. The Labute approximate surface area is 218 Å². The van der Waals surface area contributed by atoms with E-state index in [-0.39, 0.29) is 5.91 Å². The maximum absolute atomic E-state index is 11.8. The van der Waals surface area contributed by atoms with E-state index in [1.54, 1.807) is 18.3 Å². The van der Waals surface area contributed by atoms with Crippen LogP contribution < -0.4 is 25.0 Å². The molecule has 2 N–H and O–H groups in total. The SMILES string of the molecule is C=CC(=O)Nc1nc(C)ccc1Nc1ncc2c(n1)N(C)CC(c1c(Cl)c(OC)cc(OC)c1Cl)=C2. The Bertz CT molecular complexity index is 1360. The Morgan fingerprint density at radius 1 is 1.17 bits per heavy atom. The van der Waals surface area contributed by atoms with Gasteiger partial charge in [-0.05, 0) is 36.8 Å². The number of fused-ring (bicyclic) bond motifs is 1. The molecule has 11 heteroatoms. The summed E-state index contributed by atoms with van der Waals surface area (Å²) in [5, 5.41) is 6.62. The molecular weight excluding hydrogens is 503 g/mol. The van der Waals surface area contributed by atoms with Crippen LogP contribution in [0.2, 0.25) is 10.0 Å². The second kappa shape index (κ2) is 10.4. The maximum atomic E-state index is 11.8. The first-order valence-corrected chi connectivity index (χ1v) is 11.6. The van der Waals surface area contributed by atoms with Gasteiger partial charge in [0.1, 0.15) is 17.3 Å². The lowest BCUT2D eigenvalue weighted by atomic mass is 9.99. The van der Waals surface area contributed by atoms with Gasteiger partial charge < -0.3 is 25.0 Å². The number of nitrogens with one attached hydrogen (secondary N) is 2. The van der Waals surface area contributed by atoms with Gasteiger partial charge in [0.25, 0.3) is 0 Å². The number of pyridine rings is 1. The van der Waals surface area contributed by atoms with Crippen LogP contribution >= 0.6 is 23.2 Å². The van der Waals surface area contributed by atoms with Crippen molar-refractivity contribution in [2.45, 2.75) is 6.92 Å². The van der Waals surface area contributed by atoms with Gasteiger partial charge in [-0.3, -0.25) is 4.79 Å². The van der Waals surface area contributed by atoms with Crippen LogP contribution in [0.4, 0.5) is 23.3 Å². The van der Waals surface area contributed by atoms with Gasteiger partial charge >= 0.3 is 0 Å². The van der Waals surface area contributed by atoms with E-state index in [9.17, 15) is 4.79 Å². The number of hydrogen-bond donors (Lipinski definition) is 2. The number of aromatic nitrogens is 3. The fourth-order valence-electron chi connectivity index (χ4n) is 3.77. The molecule has 1 aliphatic heterocycles. The van der Waals surface area contributed by atoms with E-state index in [1.165, 1.54) is 20.3 Å². The van der Waals surface area contributed by atoms with E-state index < -0.39 is 0 Å². The van der Waals surface area contributed by atoms with E-state index in [2.05, 4.69) is 32.2 Å². The minimum Gasteiger partial charge on any atom is -0.495 e. The van der Waals surface area contributed by atoms with E-state index >= 15 is 0 Å². The number of rotatable bonds is 7. The van der Waals surface area contributed by atoms with Gasteiger partial charge in [-0.2, -0.15) is 4.98 Å². The van der Waals surface area contributed by atoms with Gasteiger partial charge in [0, 0.05) is 42.7 Å². The van der Waals surface area contributed by atoms with Crippen molar-refractivity contribution in [3.63, 3.8) is 0 Å². The van der Waals surface area contributed by atoms with Crippen molar-refractivity contribution in [1.82, 2.24) is 15.0 Å². The third kappa shape index (κ3) is 4.93. The number of amides is 1. The fraction of sp³-hybridized carbons (Fsp3) is 0.200. The van der Waals surface area contributed by atoms with Crippen LogP contribution in [-0.2, 0) is 4.79 Å². The summed E-state index contributed by atoms with van der Waals surface area (Å²) in [7, 11) is 4.98. The Balaban J connectivity index is 1.71. The molecule has 1 amide bonds. The molecule has 3 aromatic rings. The largest absolute Gasteiger partial charge is 0.495 e. The van der Waals surface area contributed by atoms with Crippen molar-refractivity contribution in [2.24, 2.45) is 0 Å². The van der Waals surface area contributed by atoms with Gasteiger partial charge in [-0.15, -0.1) is 0 Å². The number of carbonyl (C=O) groups excluding carboxylic acids is 1. The number of carbonyl (C=O) groups is 1. The molecule has 1 aliphatic rings. The topological polar surface area (TPSA) is 102 Å². The Morgan fingerprint density at radius 2 is 1.86 bits per heavy atom. The number of nitrogens with zero attached hydrogens (tertiary/aromatic N) is 4. The zero-order chi connectivity index (χ0) is 26.0. The monoisotopic (exact) mass is 526 g/mol. The highest BCUT2D eigenvalue weighted by Gasteiger charge is 2.25. The molecule has 0 spiro atoms. The van der Waals surface area contributed by atoms with Crippen LogP contribution in [0.3, 0.4) is 0 Å². The van der Waals surface area contributed by atoms with Crippen molar-refractivity contribution < 1.29 is 14.3 Å². The standard InChI is InChI=1S/C25H24Cl2N6O3/c1-6-19(34)31-23-16(8-7-13(2)29-23)30-25-28-11-14-9-15(12-33(3)24(14)32-25)20-21(26)17(35-4)10-18(36-5)22(20)27/h6-11H,1,12H2,2-5H3,(H,28,30,32)(H,29,31,34). The molecule has 1 aromatic carbocycles. The second-order valence-corrected chi connectivity index (χ2v) is 8.71. The van der Waals surface area contributed by atoms with Crippen LogP contribution in [0.25, 0.3) is 11.6 Å². The van der Waals surface area contributed by atoms with Crippen LogP contribution in [0, 0.1) is 6.92 Å². The zero-order valence-electron chi connectivity index (χ0n) is 20.1. The van der Waals surface area contributed by atoms with Gasteiger partial charge in [-0.1, -0.05) is 29.8 Å². The first-order valence-electron chi connectivity index (χ1n) is 10.8. The molecule has 0 aliphatic carbocycles. The number of halogens is 2. The number of anilines is 4. The highest BCUT2D eigenvalue weighted by atomic mass is 35.5. The number of hydrogen-bond acceptors (Lipinski definition) is 8. The van der Waals surface area contributed by atoms with Gasteiger partial charge in [-0.25, -0.2) is 9.97 Å². The quantitative estimate of drug-likeness (QED) is 0.396. The second-order valence-electron chi connectivity index (χ2n) is 7.95. The van der Waals surface area contributed by atoms with E-state index in [1.807, 2.05) is 31.0 Å². The van der Waals surface area contributed by atoms with Gasteiger partial charge in [0.15, 0.2) is 5.82 Å². The average Bonchev–Trinajstić information content (AvgIpc) is 2.86. The zero-order valence-corrected chi connectivity index (χ0v) is 21.7. The first kappa shape index (κ1) is 25.3. The third-order valence-corrected chi connectivity index (χ3v) is 6.25. The summed E-state index contributed by atoms with van der Waals surface area (Å²) >= 11 is 13.3. The summed E-state index contributed by atoms with van der Waals surface area (Å²) in [4.78, 5) is 27.3. The molecule has 186 valence electrons. The highest BCUT2D eigenvalue weighted by Crippen LogP contribution is 2.45. The summed E-state index contributed by atoms with van der Waals surface area (Å²) in [5.74, 6) is 1.96. The molecule has 4 rings (SSSR count). The lowest BCUT2D eigenvalue weighted by Gasteiger charge is -2.28. The summed E-state index contributed by atoms with van der Waals surface area (Å²) in [6.07, 6.45) is 4.82. The van der Waals surface area contributed by atoms with E-state index in [4.69, 9.17) is 32.7 Å². The van der Waals surface area contributed by atoms with Crippen molar-refractivity contribution in [3.05, 3.63) is 63.9 Å². The van der Waals surface area contributed by atoms with Gasteiger partial charge in [0.05, 0.1) is 30.0 Å². The van der Waals surface area contributed by atoms with Gasteiger partial charge in [0.2, 0.25) is 11.9 Å². The smallest absolute Gasteiger partial charge is 0.248 e. The molecule has 36 heavy (non-hydrogen) atoms. The van der Waals surface area contributed by atoms with Crippen LogP contribution in [0.5, 0.6) is 11.5 Å². The normalized spacial score (nSPS) is 12.4. The summed E-state index contributed by atoms with van der Waals surface area (Å²) in [6.45, 7) is 5.79. The molecule has 0 bridgehead atoms. The maximum Gasteiger partial charge on any atom is 0.248 e. The average molecular weight is 527 g/mol. The van der Waals surface area contributed by atoms with Crippen LogP contribution in [-0.4, -0.2) is 48.7 Å². The molecule has 0 fully saturated rings. The summed E-state index contributed by atoms with van der Waals surface area (Å²) < 4.78 is 10.8. The molecule has 0 unspecified atom stereocenters. The minimum atomic E-state index is -0.369. The van der Waals surface area contributed by atoms with Crippen LogP contribution in [0.1, 0.15) is 16.8 Å². The number of aryl methyl sites for hydroxylation is 1. The van der Waals surface area contributed by atoms with Crippen molar-refractivity contribution in [1.29, 1.82) is 0 Å². The first-order chi connectivity index (χ1) is 17.2. The number of ether oxygens (including phenoxy) is 2. The Morgan fingerprint density at radius 3 is 2.50 bits per heavy atom. The number of methoxy groups -OCH3 is 2. The third-order valence-electron chi connectivity index (χ3n) is 5.50. The molecule has 0 saturated carbocycles. The molecule has 0 atom stereocenters. The molecule has 0 radical (unpaired) electrons. The summed E-state index contributed by atoms with van der Waals surface area (Å²) in [6, 6.07) is 5.27. The lowest BCUT2D eigenvalue weighted by Crippen LogP contribution is -2.25. The fourth-order valence-corrected chi connectivity index (χ4v) is 4.52.